The molecule has 2 heterocycles. The van der Waals surface area contributed by atoms with Gasteiger partial charge in [0.1, 0.15) is 12.6 Å². The number of para-hydroxylation sites is 2. The maximum absolute atomic E-state index is 13.0. The molecule has 10 heteroatoms. The summed E-state index contributed by atoms with van der Waals surface area (Å²) >= 11 is 0. The van der Waals surface area contributed by atoms with Crippen LogP contribution in [0.2, 0.25) is 0 Å². The van der Waals surface area contributed by atoms with E-state index in [4.69, 9.17) is 0 Å². The van der Waals surface area contributed by atoms with Crippen LogP contribution in [0.25, 0.3) is 11.0 Å². The topological polar surface area (TPSA) is 145 Å². The van der Waals surface area contributed by atoms with Gasteiger partial charge in [0.25, 0.3) is 5.91 Å². The second-order valence-corrected chi connectivity index (χ2v) is 8.29. The Bertz CT molecular complexity index is 923. The summed E-state index contributed by atoms with van der Waals surface area (Å²) in [6, 6.07) is 5.88. The van der Waals surface area contributed by atoms with Crippen molar-refractivity contribution in [3.05, 3.63) is 35.0 Å². The summed E-state index contributed by atoms with van der Waals surface area (Å²) in [6.45, 7) is 4.34. The Hall–Kier alpha value is -3.30. The molecule has 166 valence electrons. The van der Waals surface area contributed by atoms with E-state index in [1.54, 1.807) is 6.07 Å². The van der Waals surface area contributed by atoms with Gasteiger partial charge in [-0.25, -0.2) is 4.98 Å². The molecule has 0 radical (unpaired) electrons. The zero-order valence-corrected chi connectivity index (χ0v) is 17.7. The molecule has 3 rings (SSSR count). The maximum Gasteiger partial charge on any atom is 0.287 e. The molecule has 10 nitrogen and oxygen atoms in total. The van der Waals surface area contributed by atoms with E-state index in [0.29, 0.717) is 31.3 Å². The normalized spacial score (nSPS) is 17.9. The Kier molecular flexibility index (Phi) is 7.32. The number of hydrogen-bond acceptors (Lipinski definition) is 6. The molecule has 1 aliphatic rings. The standard InChI is InChI=1S/C21H28N6O4/c1-12(2)9-17(27-21(30)18-25-15-5-3-4-6-16(15)26-18)20(29)24-14(11-23-31)10-13-7-8-22-19(13)28/h3-6,12-14,17H,7-11H2,1-2H3,(H,22,28)(H,24,29)(H,25,26)(H,27,30)/t13-,14-,17-/m0/s1. The predicted octanol–water partition coefficient (Wildman–Crippen LogP) is 1.48. The highest BCUT2D eigenvalue weighted by molar-refractivity contribution is 5.97. The van der Waals surface area contributed by atoms with E-state index in [2.05, 4.69) is 31.1 Å². The predicted molar refractivity (Wildman–Crippen MR) is 115 cm³/mol. The SMILES string of the molecule is CC(C)C[C@H](NC(=O)c1nc2ccccc2[nH]1)C(=O)N[C@H](CN=O)C[C@@H]1CCNC1=O. The summed E-state index contributed by atoms with van der Waals surface area (Å²) < 4.78 is 0. The molecule has 0 spiro atoms. The molecular weight excluding hydrogens is 400 g/mol. The molecule has 1 saturated heterocycles. The Morgan fingerprint density at radius 2 is 2.03 bits per heavy atom. The van der Waals surface area contributed by atoms with Crippen molar-refractivity contribution in [1.29, 1.82) is 0 Å². The molecular formula is C21H28N6O4. The molecule has 1 aromatic carbocycles. The van der Waals surface area contributed by atoms with Gasteiger partial charge in [-0.2, -0.15) is 4.91 Å². The number of carbonyl (C=O) groups excluding carboxylic acids is 3. The van der Waals surface area contributed by atoms with Crippen molar-refractivity contribution >= 4 is 28.8 Å². The molecule has 1 aliphatic heterocycles. The van der Waals surface area contributed by atoms with Gasteiger partial charge < -0.3 is 20.9 Å². The average Bonchev–Trinajstić information content (AvgIpc) is 3.33. The van der Waals surface area contributed by atoms with Crippen molar-refractivity contribution in [2.45, 2.75) is 45.2 Å². The van der Waals surface area contributed by atoms with Crippen LogP contribution < -0.4 is 16.0 Å². The Morgan fingerprint density at radius 3 is 2.68 bits per heavy atom. The third-order valence-electron chi connectivity index (χ3n) is 5.31. The number of benzene rings is 1. The summed E-state index contributed by atoms with van der Waals surface area (Å²) in [5.74, 6) is -0.989. The maximum atomic E-state index is 13.0. The van der Waals surface area contributed by atoms with Gasteiger partial charge in [0.2, 0.25) is 11.8 Å². The van der Waals surface area contributed by atoms with E-state index >= 15 is 0 Å². The zero-order chi connectivity index (χ0) is 22.4. The van der Waals surface area contributed by atoms with Gasteiger partial charge in [-0.3, -0.25) is 14.4 Å². The second-order valence-electron chi connectivity index (χ2n) is 8.29. The molecule has 2 aromatic rings. The number of H-pyrrole nitrogens is 1. The first-order valence-electron chi connectivity index (χ1n) is 10.5. The number of nitrogens with one attached hydrogen (secondary N) is 4. The lowest BCUT2D eigenvalue weighted by atomic mass is 9.97. The lowest BCUT2D eigenvalue weighted by molar-refractivity contribution is -0.125. The molecule has 1 fully saturated rings. The fourth-order valence-corrected chi connectivity index (χ4v) is 3.77. The number of imidazole rings is 1. The highest BCUT2D eigenvalue weighted by Crippen LogP contribution is 2.17. The van der Waals surface area contributed by atoms with E-state index in [9.17, 15) is 19.3 Å². The van der Waals surface area contributed by atoms with Crippen molar-refractivity contribution in [3.8, 4) is 0 Å². The molecule has 31 heavy (non-hydrogen) atoms. The number of hydrogen-bond donors (Lipinski definition) is 4. The molecule has 0 unspecified atom stereocenters. The van der Waals surface area contributed by atoms with Crippen LogP contribution in [0.4, 0.5) is 0 Å². The molecule has 3 atom stereocenters. The molecule has 3 amide bonds. The largest absolute Gasteiger partial charge is 0.356 e. The monoisotopic (exact) mass is 428 g/mol. The fraction of sp³-hybridized carbons (Fsp3) is 0.524. The van der Waals surface area contributed by atoms with Crippen LogP contribution in [-0.4, -0.2) is 52.9 Å². The van der Waals surface area contributed by atoms with Crippen LogP contribution in [-0.2, 0) is 9.59 Å². The summed E-state index contributed by atoms with van der Waals surface area (Å²) in [7, 11) is 0. The van der Waals surface area contributed by atoms with Gasteiger partial charge in [-0.05, 0) is 37.3 Å². The van der Waals surface area contributed by atoms with Crippen molar-refractivity contribution in [2.75, 3.05) is 13.1 Å². The molecule has 4 N–H and O–H groups in total. The minimum atomic E-state index is -0.813. The smallest absolute Gasteiger partial charge is 0.287 e. The van der Waals surface area contributed by atoms with Gasteiger partial charge in [0.05, 0.1) is 17.1 Å². The van der Waals surface area contributed by atoms with Crippen LogP contribution in [0.15, 0.2) is 29.4 Å². The van der Waals surface area contributed by atoms with Crippen molar-refractivity contribution in [2.24, 2.45) is 17.0 Å². The third kappa shape index (κ3) is 5.87. The summed E-state index contributed by atoms with van der Waals surface area (Å²) in [6.07, 6.45) is 1.39. The van der Waals surface area contributed by atoms with E-state index in [-0.39, 0.29) is 30.1 Å². The minimum Gasteiger partial charge on any atom is -0.356 e. The number of nitrogens with zero attached hydrogens (tertiary/aromatic N) is 2. The summed E-state index contributed by atoms with van der Waals surface area (Å²) in [4.78, 5) is 55.6. The first kappa shape index (κ1) is 22.4. The Morgan fingerprint density at radius 1 is 1.26 bits per heavy atom. The first-order chi connectivity index (χ1) is 14.9. The van der Waals surface area contributed by atoms with Gasteiger partial charge in [0, 0.05) is 12.5 Å². The third-order valence-corrected chi connectivity index (χ3v) is 5.31. The van der Waals surface area contributed by atoms with Crippen LogP contribution >= 0.6 is 0 Å². The Balaban J connectivity index is 1.68. The quantitative estimate of drug-likeness (QED) is 0.424. The van der Waals surface area contributed by atoms with Gasteiger partial charge in [0.15, 0.2) is 5.82 Å². The first-order valence-corrected chi connectivity index (χ1v) is 10.5. The number of nitroso groups, excluding NO2 is 1. The van der Waals surface area contributed by atoms with Gasteiger partial charge in [-0.1, -0.05) is 31.2 Å². The zero-order valence-electron chi connectivity index (χ0n) is 17.7. The lowest BCUT2D eigenvalue weighted by Crippen LogP contribution is -2.51. The number of amides is 3. The lowest BCUT2D eigenvalue weighted by Gasteiger charge is -2.24. The molecule has 1 aromatic heterocycles. The summed E-state index contributed by atoms with van der Waals surface area (Å²) in [5.41, 5.74) is 1.38. The van der Waals surface area contributed by atoms with E-state index in [1.807, 2.05) is 32.0 Å². The second kappa shape index (κ2) is 10.1. The molecule has 0 aliphatic carbocycles. The van der Waals surface area contributed by atoms with E-state index < -0.39 is 23.9 Å². The van der Waals surface area contributed by atoms with Gasteiger partial charge >= 0.3 is 0 Å². The number of aromatic amines is 1. The van der Waals surface area contributed by atoms with Gasteiger partial charge in [-0.15, -0.1) is 0 Å². The number of fused-ring (bicyclic) bond motifs is 1. The minimum absolute atomic E-state index is 0.0814. The van der Waals surface area contributed by atoms with E-state index in [1.165, 1.54) is 0 Å². The van der Waals surface area contributed by atoms with Crippen molar-refractivity contribution < 1.29 is 14.4 Å². The fourth-order valence-electron chi connectivity index (χ4n) is 3.77. The number of aromatic nitrogens is 2. The summed E-state index contributed by atoms with van der Waals surface area (Å²) in [5, 5.41) is 11.2. The van der Waals surface area contributed by atoms with Crippen LogP contribution in [0.3, 0.4) is 0 Å². The molecule has 0 bridgehead atoms. The molecule has 0 saturated carbocycles. The van der Waals surface area contributed by atoms with Crippen molar-refractivity contribution in [3.63, 3.8) is 0 Å². The van der Waals surface area contributed by atoms with Crippen LogP contribution in [0.5, 0.6) is 0 Å². The Labute approximate surface area is 179 Å². The number of rotatable bonds is 10. The average molecular weight is 428 g/mol. The van der Waals surface area contributed by atoms with Crippen LogP contribution in [0, 0.1) is 16.7 Å². The van der Waals surface area contributed by atoms with Crippen molar-refractivity contribution in [1.82, 2.24) is 25.9 Å². The van der Waals surface area contributed by atoms with E-state index in [0.717, 1.165) is 5.52 Å². The highest BCUT2D eigenvalue weighted by atomic mass is 16.3. The number of carbonyl (C=O) groups is 3. The highest BCUT2D eigenvalue weighted by Gasteiger charge is 2.30. The van der Waals surface area contributed by atoms with Crippen LogP contribution in [0.1, 0.15) is 43.7 Å².